The van der Waals surface area contributed by atoms with Gasteiger partial charge in [-0.25, -0.2) is 0 Å². The van der Waals surface area contributed by atoms with Crippen molar-refractivity contribution in [3.63, 3.8) is 0 Å². The van der Waals surface area contributed by atoms with E-state index < -0.39 is 0 Å². The van der Waals surface area contributed by atoms with Crippen molar-refractivity contribution in [2.24, 2.45) is 5.92 Å². The van der Waals surface area contributed by atoms with Gasteiger partial charge in [0.1, 0.15) is 0 Å². The number of amides is 2. The molecular weight excluding hydrogens is 340 g/mol. The Morgan fingerprint density at radius 3 is 2.70 bits per heavy atom. The third kappa shape index (κ3) is 4.32. The van der Waals surface area contributed by atoms with Crippen LogP contribution in [-0.4, -0.2) is 70.3 Å². The molecule has 0 N–H and O–H groups in total. The Balaban J connectivity index is 1.32. The number of nitrogens with zero attached hydrogens (tertiary/aromatic N) is 4. The lowest BCUT2D eigenvalue weighted by molar-refractivity contribution is -0.135. The summed E-state index contributed by atoms with van der Waals surface area (Å²) in [6, 6.07) is 6.45. The van der Waals surface area contributed by atoms with E-state index in [4.69, 9.17) is 0 Å². The second-order valence-corrected chi connectivity index (χ2v) is 8.15. The molecule has 0 spiro atoms. The average molecular weight is 370 g/mol. The molecule has 0 bridgehead atoms. The molecule has 3 aliphatic rings. The summed E-state index contributed by atoms with van der Waals surface area (Å²) in [7, 11) is 0. The molecule has 1 aromatic heterocycles. The maximum Gasteiger partial charge on any atom is 0.228 e. The fourth-order valence-electron chi connectivity index (χ4n) is 4.83. The predicted octanol–water partition coefficient (Wildman–Crippen LogP) is 1.91. The summed E-state index contributed by atoms with van der Waals surface area (Å²) in [5.41, 5.74) is 0.876. The van der Waals surface area contributed by atoms with Gasteiger partial charge in [-0.3, -0.25) is 19.5 Å². The zero-order valence-electron chi connectivity index (χ0n) is 16.1. The third-order valence-corrected chi connectivity index (χ3v) is 6.33. The first kappa shape index (κ1) is 18.4. The predicted molar refractivity (Wildman–Crippen MR) is 103 cm³/mol. The number of hydrogen-bond donors (Lipinski definition) is 0. The van der Waals surface area contributed by atoms with Crippen LogP contribution in [0.5, 0.6) is 0 Å². The topological polar surface area (TPSA) is 56.8 Å². The van der Waals surface area contributed by atoms with Gasteiger partial charge in [-0.2, -0.15) is 0 Å². The number of carbonyl (C=O) groups is 2. The van der Waals surface area contributed by atoms with Gasteiger partial charge in [0, 0.05) is 51.4 Å². The molecule has 146 valence electrons. The van der Waals surface area contributed by atoms with Crippen molar-refractivity contribution in [3.05, 3.63) is 30.1 Å². The van der Waals surface area contributed by atoms with Crippen molar-refractivity contribution in [2.45, 2.75) is 51.1 Å². The summed E-state index contributed by atoms with van der Waals surface area (Å²) in [5, 5.41) is 0. The van der Waals surface area contributed by atoms with Gasteiger partial charge in [0.2, 0.25) is 11.8 Å². The molecule has 1 saturated carbocycles. The molecule has 6 nitrogen and oxygen atoms in total. The van der Waals surface area contributed by atoms with Crippen LogP contribution in [0.2, 0.25) is 0 Å². The van der Waals surface area contributed by atoms with Crippen LogP contribution in [-0.2, 0) is 16.1 Å². The molecule has 2 saturated heterocycles. The molecule has 1 aromatic rings. The fourth-order valence-corrected chi connectivity index (χ4v) is 4.83. The summed E-state index contributed by atoms with van der Waals surface area (Å²) >= 11 is 0. The van der Waals surface area contributed by atoms with E-state index >= 15 is 0 Å². The van der Waals surface area contributed by atoms with E-state index in [1.54, 1.807) is 11.1 Å². The van der Waals surface area contributed by atoms with Crippen LogP contribution in [0.1, 0.15) is 44.2 Å². The minimum atomic E-state index is -0.195. The van der Waals surface area contributed by atoms with Crippen molar-refractivity contribution in [2.75, 3.05) is 32.7 Å². The summed E-state index contributed by atoms with van der Waals surface area (Å²) in [4.78, 5) is 36.1. The normalized spacial score (nSPS) is 25.2. The first-order chi connectivity index (χ1) is 13.2. The van der Waals surface area contributed by atoms with E-state index in [9.17, 15) is 9.59 Å². The van der Waals surface area contributed by atoms with Gasteiger partial charge in [0.05, 0.1) is 18.2 Å². The molecule has 0 aromatic carbocycles. The van der Waals surface area contributed by atoms with Crippen LogP contribution in [0.25, 0.3) is 0 Å². The fraction of sp³-hybridized carbons (Fsp3) is 0.667. The first-order valence-electron chi connectivity index (χ1n) is 10.4. The SMILES string of the molecule is O=C1C[C@H](C(=O)N2CCCN(C3CCCC3)CC2)CN1Cc1ccccn1. The van der Waals surface area contributed by atoms with Gasteiger partial charge in [-0.15, -0.1) is 0 Å². The summed E-state index contributed by atoms with van der Waals surface area (Å²) < 4.78 is 0. The van der Waals surface area contributed by atoms with Gasteiger partial charge >= 0.3 is 0 Å². The second kappa shape index (κ2) is 8.38. The quantitative estimate of drug-likeness (QED) is 0.812. The van der Waals surface area contributed by atoms with E-state index in [1.807, 2.05) is 23.1 Å². The molecule has 2 amide bonds. The largest absolute Gasteiger partial charge is 0.341 e. The average Bonchev–Trinajstić information content (AvgIpc) is 3.27. The molecule has 3 fully saturated rings. The van der Waals surface area contributed by atoms with Gasteiger partial charge < -0.3 is 9.80 Å². The van der Waals surface area contributed by atoms with Crippen molar-refractivity contribution in [3.8, 4) is 0 Å². The molecule has 0 radical (unpaired) electrons. The Labute approximate surface area is 161 Å². The maximum atomic E-state index is 13.0. The van der Waals surface area contributed by atoms with E-state index in [0.29, 0.717) is 19.5 Å². The lowest BCUT2D eigenvalue weighted by atomic mass is 10.1. The maximum absolute atomic E-state index is 13.0. The van der Waals surface area contributed by atoms with Crippen LogP contribution in [0.4, 0.5) is 0 Å². The molecule has 2 aliphatic heterocycles. The monoisotopic (exact) mass is 370 g/mol. The summed E-state index contributed by atoms with van der Waals surface area (Å²) in [5.74, 6) is 0.0424. The zero-order valence-corrected chi connectivity index (χ0v) is 16.1. The van der Waals surface area contributed by atoms with Crippen LogP contribution in [0.15, 0.2) is 24.4 Å². The van der Waals surface area contributed by atoms with Crippen molar-refractivity contribution in [1.82, 2.24) is 19.7 Å². The van der Waals surface area contributed by atoms with Crippen molar-refractivity contribution in [1.29, 1.82) is 0 Å². The second-order valence-electron chi connectivity index (χ2n) is 8.15. The zero-order chi connectivity index (χ0) is 18.6. The van der Waals surface area contributed by atoms with Crippen LogP contribution < -0.4 is 0 Å². The highest BCUT2D eigenvalue weighted by Crippen LogP contribution is 2.26. The molecule has 6 heteroatoms. The standard InChI is InChI=1S/C21H30N4O2/c26-20-14-17(15-25(20)16-18-6-3-4-9-22-18)21(27)24-11-5-10-23(12-13-24)19-7-1-2-8-19/h3-4,6,9,17,19H,1-2,5,7-8,10-16H2/t17-/m0/s1. The molecule has 1 atom stereocenters. The van der Waals surface area contributed by atoms with E-state index in [1.165, 1.54) is 25.7 Å². The van der Waals surface area contributed by atoms with Crippen LogP contribution >= 0.6 is 0 Å². The minimum absolute atomic E-state index is 0.0707. The summed E-state index contributed by atoms with van der Waals surface area (Å²) in [6.45, 7) is 4.74. The number of rotatable bonds is 4. The van der Waals surface area contributed by atoms with Crippen molar-refractivity contribution >= 4 is 11.8 Å². The van der Waals surface area contributed by atoms with Gasteiger partial charge in [-0.1, -0.05) is 18.9 Å². The molecule has 27 heavy (non-hydrogen) atoms. The van der Waals surface area contributed by atoms with E-state index in [0.717, 1.165) is 44.3 Å². The Morgan fingerprint density at radius 1 is 1.07 bits per heavy atom. The van der Waals surface area contributed by atoms with E-state index in [-0.39, 0.29) is 17.7 Å². The smallest absolute Gasteiger partial charge is 0.228 e. The Kier molecular flexibility index (Phi) is 5.72. The van der Waals surface area contributed by atoms with Crippen LogP contribution in [0, 0.1) is 5.92 Å². The number of pyridine rings is 1. The number of carbonyl (C=O) groups excluding carboxylic acids is 2. The highest BCUT2D eigenvalue weighted by Gasteiger charge is 2.37. The van der Waals surface area contributed by atoms with Crippen molar-refractivity contribution < 1.29 is 9.59 Å². The Hall–Kier alpha value is -1.95. The number of likely N-dealkylation sites (tertiary alicyclic amines) is 1. The Bertz CT molecular complexity index is 659. The van der Waals surface area contributed by atoms with E-state index in [2.05, 4.69) is 9.88 Å². The molecule has 4 rings (SSSR count). The van der Waals surface area contributed by atoms with Crippen LogP contribution in [0.3, 0.4) is 0 Å². The third-order valence-electron chi connectivity index (χ3n) is 6.33. The molecule has 1 aliphatic carbocycles. The molecule has 3 heterocycles. The Morgan fingerprint density at radius 2 is 1.93 bits per heavy atom. The molecular formula is C21H30N4O2. The lowest BCUT2D eigenvalue weighted by Gasteiger charge is -2.28. The minimum Gasteiger partial charge on any atom is -0.341 e. The number of aromatic nitrogens is 1. The van der Waals surface area contributed by atoms with Gasteiger partial charge in [0.15, 0.2) is 0 Å². The summed E-state index contributed by atoms with van der Waals surface area (Å²) in [6.07, 6.45) is 8.45. The number of hydrogen-bond acceptors (Lipinski definition) is 4. The highest BCUT2D eigenvalue weighted by atomic mass is 16.2. The lowest BCUT2D eigenvalue weighted by Crippen LogP contribution is -2.41. The van der Waals surface area contributed by atoms with Gasteiger partial charge in [0.25, 0.3) is 0 Å². The molecule has 0 unspecified atom stereocenters. The highest BCUT2D eigenvalue weighted by molar-refractivity contribution is 5.89. The van der Waals surface area contributed by atoms with Gasteiger partial charge in [-0.05, 0) is 31.4 Å². The first-order valence-corrected chi connectivity index (χ1v) is 10.4.